The van der Waals surface area contributed by atoms with Gasteiger partial charge >= 0.3 is 0 Å². The molecule has 0 bridgehead atoms. The Hall–Kier alpha value is -2.56. The fourth-order valence-corrected chi connectivity index (χ4v) is 5.27. The fraction of sp³-hybridized carbons (Fsp3) is 0.105. The van der Waals surface area contributed by atoms with E-state index in [2.05, 4.69) is 10.3 Å². The number of anilines is 1. The predicted molar refractivity (Wildman–Crippen MR) is 114 cm³/mol. The number of fused-ring (bicyclic) bond motifs is 1. The number of thiophene rings is 2. The summed E-state index contributed by atoms with van der Waals surface area (Å²) in [5.41, 5.74) is 0.842. The summed E-state index contributed by atoms with van der Waals surface area (Å²) < 4.78 is 27.6. The van der Waals surface area contributed by atoms with Crippen LogP contribution in [-0.2, 0) is 11.8 Å². The van der Waals surface area contributed by atoms with E-state index < -0.39 is 17.5 Å². The third-order valence-corrected chi connectivity index (χ3v) is 6.90. The van der Waals surface area contributed by atoms with Crippen LogP contribution in [0, 0.1) is 11.6 Å². The van der Waals surface area contributed by atoms with Gasteiger partial charge in [-0.1, -0.05) is 17.8 Å². The van der Waals surface area contributed by atoms with Crippen LogP contribution < -0.4 is 10.9 Å². The van der Waals surface area contributed by atoms with Gasteiger partial charge in [-0.05, 0) is 23.6 Å². The molecule has 3 aromatic heterocycles. The first-order valence-corrected chi connectivity index (χ1v) is 11.1. The molecule has 5 nitrogen and oxygen atoms in total. The summed E-state index contributed by atoms with van der Waals surface area (Å²) in [6.45, 7) is 0. The zero-order chi connectivity index (χ0) is 20.5. The van der Waals surface area contributed by atoms with Crippen molar-refractivity contribution in [1.82, 2.24) is 9.55 Å². The molecule has 0 unspecified atom stereocenters. The van der Waals surface area contributed by atoms with Crippen molar-refractivity contribution in [2.24, 2.45) is 7.05 Å². The van der Waals surface area contributed by atoms with E-state index in [0.29, 0.717) is 15.4 Å². The Labute approximate surface area is 176 Å². The summed E-state index contributed by atoms with van der Waals surface area (Å²) in [6.07, 6.45) is 0. The number of nitrogens with one attached hydrogen (secondary N) is 1. The molecule has 0 aliphatic rings. The van der Waals surface area contributed by atoms with E-state index >= 15 is 0 Å². The molecule has 0 aliphatic carbocycles. The van der Waals surface area contributed by atoms with Gasteiger partial charge in [0.1, 0.15) is 4.83 Å². The first kappa shape index (κ1) is 19.7. The Morgan fingerprint density at radius 3 is 2.79 bits per heavy atom. The van der Waals surface area contributed by atoms with Gasteiger partial charge in [0.15, 0.2) is 16.8 Å². The van der Waals surface area contributed by atoms with Gasteiger partial charge < -0.3 is 5.32 Å². The van der Waals surface area contributed by atoms with E-state index in [4.69, 9.17) is 0 Å². The molecular weight excluding hydrogens is 436 g/mol. The summed E-state index contributed by atoms with van der Waals surface area (Å²) in [5.74, 6) is -2.47. The molecule has 0 saturated heterocycles. The minimum atomic E-state index is -1.04. The minimum absolute atomic E-state index is 0.0338. The van der Waals surface area contributed by atoms with Crippen LogP contribution in [0.3, 0.4) is 0 Å². The van der Waals surface area contributed by atoms with Gasteiger partial charge in [-0.3, -0.25) is 14.2 Å². The van der Waals surface area contributed by atoms with Gasteiger partial charge in [-0.2, -0.15) is 0 Å². The van der Waals surface area contributed by atoms with Gasteiger partial charge in [0.2, 0.25) is 5.91 Å². The van der Waals surface area contributed by atoms with Crippen molar-refractivity contribution < 1.29 is 13.6 Å². The molecular formula is C19H13F2N3O2S3. The van der Waals surface area contributed by atoms with E-state index in [1.807, 2.05) is 22.9 Å². The molecule has 10 heteroatoms. The Kier molecular flexibility index (Phi) is 5.48. The van der Waals surface area contributed by atoms with Gasteiger partial charge in [0, 0.05) is 34.6 Å². The number of hydrogen-bond acceptors (Lipinski definition) is 6. The van der Waals surface area contributed by atoms with Crippen LogP contribution in [-0.4, -0.2) is 21.2 Å². The predicted octanol–water partition coefficient (Wildman–Crippen LogP) is 4.73. The molecule has 1 aromatic carbocycles. The van der Waals surface area contributed by atoms with Gasteiger partial charge in [-0.15, -0.1) is 22.7 Å². The molecule has 0 aliphatic heterocycles. The zero-order valence-corrected chi connectivity index (χ0v) is 17.4. The molecule has 0 fully saturated rings. The molecule has 29 heavy (non-hydrogen) atoms. The van der Waals surface area contributed by atoms with Crippen LogP contribution in [0.25, 0.3) is 20.7 Å². The van der Waals surface area contributed by atoms with Crippen molar-refractivity contribution in [2.75, 3.05) is 11.1 Å². The third-order valence-electron chi connectivity index (χ3n) is 4.10. The Balaban J connectivity index is 1.54. The third kappa shape index (κ3) is 3.96. The molecule has 0 atom stereocenters. The SMILES string of the molecule is Cn1c(SCC(=O)Nc2ccc(F)c(F)c2)nc2scc(-c3cccs3)c2c1=O. The fourth-order valence-electron chi connectivity index (χ4n) is 2.70. The van der Waals surface area contributed by atoms with Crippen LogP contribution >= 0.6 is 34.4 Å². The molecule has 148 valence electrons. The largest absolute Gasteiger partial charge is 0.325 e. The highest BCUT2D eigenvalue weighted by atomic mass is 32.2. The topological polar surface area (TPSA) is 64.0 Å². The highest BCUT2D eigenvalue weighted by Crippen LogP contribution is 2.34. The van der Waals surface area contributed by atoms with Crippen molar-refractivity contribution >= 4 is 56.2 Å². The second-order valence-electron chi connectivity index (χ2n) is 6.03. The van der Waals surface area contributed by atoms with Crippen LogP contribution in [0.5, 0.6) is 0 Å². The summed E-state index contributed by atoms with van der Waals surface area (Å²) in [6, 6.07) is 7.02. The molecule has 0 spiro atoms. The summed E-state index contributed by atoms with van der Waals surface area (Å²) in [7, 11) is 1.61. The number of amides is 1. The van der Waals surface area contributed by atoms with E-state index in [0.717, 1.165) is 34.3 Å². The monoisotopic (exact) mass is 449 g/mol. The number of nitrogens with zero attached hydrogens (tertiary/aromatic N) is 2. The highest BCUT2D eigenvalue weighted by Gasteiger charge is 2.17. The van der Waals surface area contributed by atoms with E-state index in [1.54, 1.807) is 18.4 Å². The number of hydrogen-bond donors (Lipinski definition) is 1. The van der Waals surface area contributed by atoms with Crippen LogP contribution in [0.15, 0.2) is 51.0 Å². The second kappa shape index (κ2) is 8.05. The van der Waals surface area contributed by atoms with Gasteiger partial charge in [0.25, 0.3) is 5.56 Å². The van der Waals surface area contributed by atoms with E-state index in [1.165, 1.54) is 22.0 Å². The molecule has 1 N–H and O–H groups in total. The van der Waals surface area contributed by atoms with Crippen molar-refractivity contribution in [3.63, 3.8) is 0 Å². The Morgan fingerprint density at radius 2 is 2.07 bits per heavy atom. The number of benzene rings is 1. The Bertz CT molecular complexity index is 1270. The van der Waals surface area contributed by atoms with Crippen molar-refractivity contribution in [3.05, 3.63) is 63.1 Å². The summed E-state index contributed by atoms with van der Waals surface area (Å²) in [5, 5.41) is 7.33. The number of thioether (sulfide) groups is 1. The number of carbonyl (C=O) groups excluding carboxylic acids is 1. The minimum Gasteiger partial charge on any atom is -0.325 e. The lowest BCUT2D eigenvalue weighted by molar-refractivity contribution is -0.113. The maximum Gasteiger partial charge on any atom is 0.263 e. The number of halogens is 2. The average molecular weight is 450 g/mol. The first-order valence-electron chi connectivity index (χ1n) is 8.34. The molecule has 0 radical (unpaired) electrons. The molecule has 1 amide bonds. The first-order chi connectivity index (χ1) is 13.9. The highest BCUT2D eigenvalue weighted by molar-refractivity contribution is 7.99. The average Bonchev–Trinajstić information content (AvgIpc) is 3.36. The van der Waals surface area contributed by atoms with Crippen LogP contribution in [0.4, 0.5) is 14.5 Å². The maximum atomic E-state index is 13.3. The summed E-state index contributed by atoms with van der Waals surface area (Å²) in [4.78, 5) is 31.2. The van der Waals surface area contributed by atoms with Gasteiger partial charge in [0.05, 0.1) is 11.1 Å². The lowest BCUT2D eigenvalue weighted by Gasteiger charge is -2.08. The van der Waals surface area contributed by atoms with Gasteiger partial charge in [-0.25, -0.2) is 13.8 Å². The number of carbonyl (C=O) groups is 1. The molecule has 3 heterocycles. The molecule has 4 aromatic rings. The number of aromatic nitrogens is 2. The lowest BCUT2D eigenvalue weighted by atomic mass is 10.2. The molecule has 4 rings (SSSR count). The quantitative estimate of drug-likeness (QED) is 0.353. The maximum absolute atomic E-state index is 13.3. The Morgan fingerprint density at radius 1 is 1.24 bits per heavy atom. The van der Waals surface area contributed by atoms with Crippen LogP contribution in [0.1, 0.15) is 0 Å². The second-order valence-corrected chi connectivity index (χ2v) is 8.78. The van der Waals surface area contributed by atoms with Crippen molar-refractivity contribution in [1.29, 1.82) is 0 Å². The van der Waals surface area contributed by atoms with E-state index in [9.17, 15) is 18.4 Å². The molecule has 0 saturated carbocycles. The van der Waals surface area contributed by atoms with Crippen molar-refractivity contribution in [2.45, 2.75) is 5.16 Å². The lowest BCUT2D eigenvalue weighted by Crippen LogP contribution is -2.21. The number of rotatable bonds is 5. The summed E-state index contributed by atoms with van der Waals surface area (Å²) >= 11 is 4.03. The van der Waals surface area contributed by atoms with E-state index in [-0.39, 0.29) is 17.0 Å². The van der Waals surface area contributed by atoms with Crippen molar-refractivity contribution in [3.8, 4) is 10.4 Å². The smallest absolute Gasteiger partial charge is 0.263 e. The normalized spacial score (nSPS) is 11.1. The zero-order valence-electron chi connectivity index (χ0n) is 14.9. The standard InChI is InChI=1S/C19H13F2N3O2S3/c1-24-18(26)16-11(14-3-2-6-27-14)8-28-17(16)23-19(24)29-9-15(25)22-10-4-5-12(20)13(21)7-10/h2-8H,9H2,1H3,(H,22,25). The van der Waals surface area contributed by atoms with Crippen LogP contribution in [0.2, 0.25) is 0 Å².